The Bertz CT molecular complexity index is 798. The van der Waals surface area contributed by atoms with E-state index in [2.05, 4.69) is 15.9 Å². The molecule has 0 aliphatic carbocycles. The summed E-state index contributed by atoms with van der Waals surface area (Å²) in [6.07, 6.45) is 0. The van der Waals surface area contributed by atoms with Crippen LogP contribution >= 0.6 is 15.9 Å². The summed E-state index contributed by atoms with van der Waals surface area (Å²) in [5, 5.41) is 0. The normalized spacial score (nSPS) is 11.5. The molecule has 1 amide bonds. The lowest BCUT2D eigenvalue weighted by molar-refractivity contribution is 0.0775. The number of benzene rings is 1. The molecular formula is C16H18BrNO5S. The van der Waals surface area contributed by atoms with Gasteiger partial charge in [-0.3, -0.25) is 4.79 Å². The molecule has 1 heterocycles. The van der Waals surface area contributed by atoms with E-state index < -0.39 is 9.84 Å². The van der Waals surface area contributed by atoms with Crippen LogP contribution in [-0.2, 0) is 21.1 Å². The number of carbonyl (C=O) groups excluding carboxylic acids is 1. The fourth-order valence-electron chi connectivity index (χ4n) is 2.08. The van der Waals surface area contributed by atoms with Gasteiger partial charge in [-0.25, -0.2) is 8.42 Å². The van der Waals surface area contributed by atoms with Gasteiger partial charge in [0.25, 0.3) is 5.91 Å². The largest absolute Gasteiger partial charge is 0.452 e. The van der Waals surface area contributed by atoms with Gasteiger partial charge in [0.1, 0.15) is 5.76 Å². The summed E-state index contributed by atoms with van der Waals surface area (Å²) < 4.78 is 34.9. The molecule has 0 radical (unpaired) electrons. The minimum atomic E-state index is -3.40. The lowest BCUT2D eigenvalue weighted by Gasteiger charge is -2.16. The van der Waals surface area contributed by atoms with Gasteiger partial charge in [-0.15, -0.1) is 0 Å². The molecule has 1 aromatic carbocycles. The van der Waals surface area contributed by atoms with Gasteiger partial charge < -0.3 is 14.1 Å². The van der Waals surface area contributed by atoms with E-state index in [0.717, 1.165) is 0 Å². The lowest BCUT2D eigenvalue weighted by Crippen LogP contribution is -2.26. The molecule has 2 rings (SSSR count). The summed E-state index contributed by atoms with van der Waals surface area (Å²) in [4.78, 5) is 14.1. The molecule has 0 atom stereocenters. The number of rotatable bonds is 7. The van der Waals surface area contributed by atoms with Gasteiger partial charge in [0, 0.05) is 19.7 Å². The maximum Gasteiger partial charge on any atom is 0.254 e. The third-order valence-corrected chi connectivity index (χ3v) is 5.51. The van der Waals surface area contributed by atoms with Crippen LogP contribution in [0, 0.1) is 0 Å². The number of carbonyl (C=O) groups is 1. The molecule has 8 heteroatoms. The minimum absolute atomic E-state index is 0.0932. The Balaban J connectivity index is 2.08. The van der Waals surface area contributed by atoms with E-state index in [1.807, 2.05) is 0 Å². The second-order valence-corrected chi connectivity index (χ2v) is 8.09. The average molecular weight is 416 g/mol. The Morgan fingerprint density at radius 3 is 2.42 bits per heavy atom. The van der Waals surface area contributed by atoms with Crippen LogP contribution < -0.4 is 0 Å². The van der Waals surface area contributed by atoms with Crippen LogP contribution in [0.15, 0.2) is 50.4 Å². The molecule has 0 aliphatic heterocycles. The zero-order valence-electron chi connectivity index (χ0n) is 13.4. The molecule has 0 saturated heterocycles. The molecule has 0 unspecified atom stereocenters. The summed E-state index contributed by atoms with van der Waals surface area (Å²) >= 11 is 3.21. The number of hydrogen-bond donors (Lipinski definition) is 0. The predicted molar refractivity (Wildman–Crippen MR) is 92.6 cm³/mol. The monoisotopic (exact) mass is 415 g/mol. The van der Waals surface area contributed by atoms with Crippen LogP contribution in [0.4, 0.5) is 0 Å². The summed E-state index contributed by atoms with van der Waals surface area (Å²) in [5.74, 6) is 0.337. The zero-order chi connectivity index (χ0) is 17.7. The first-order chi connectivity index (χ1) is 11.3. The first kappa shape index (κ1) is 18.7. The predicted octanol–water partition coefficient (Wildman–Crippen LogP) is 2.73. The van der Waals surface area contributed by atoms with Gasteiger partial charge in [-0.05, 0) is 52.3 Å². The van der Waals surface area contributed by atoms with Crippen molar-refractivity contribution in [1.29, 1.82) is 0 Å². The topological polar surface area (TPSA) is 76.8 Å². The Labute approximate surface area is 149 Å². The van der Waals surface area contributed by atoms with Crippen molar-refractivity contribution in [3.63, 3.8) is 0 Å². The number of amides is 1. The van der Waals surface area contributed by atoms with Crippen molar-refractivity contribution in [2.45, 2.75) is 11.4 Å². The van der Waals surface area contributed by atoms with E-state index in [-0.39, 0.29) is 23.2 Å². The number of sulfone groups is 1. The maximum absolute atomic E-state index is 12.4. The second-order valence-electron chi connectivity index (χ2n) is 5.20. The smallest absolute Gasteiger partial charge is 0.254 e. The van der Waals surface area contributed by atoms with Gasteiger partial charge in [0.05, 0.1) is 23.8 Å². The van der Waals surface area contributed by atoms with Crippen LogP contribution in [0.3, 0.4) is 0 Å². The standard InChI is InChI=1S/C16H18BrNO5S/c1-18(11-13-5-8-15(17)23-13)16(19)12-3-6-14(7-4-12)24(20,21)10-9-22-2/h3-8H,9-11H2,1-2H3. The Hall–Kier alpha value is -1.64. The van der Waals surface area contributed by atoms with Crippen molar-refractivity contribution in [3.05, 3.63) is 52.4 Å². The summed E-state index contributed by atoms with van der Waals surface area (Å²) in [6.45, 7) is 0.447. The van der Waals surface area contributed by atoms with Gasteiger partial charge in [-0.2, -0.15) is 0 Å². The van der Waals surface area contributed by atoms with E-state index in [1.165, 1.54) is 36.3 Å². The quantitative estimate of drug-likeness (QED) is 0.694. The first-order valence-electron chi connectivity index (χ1n) is 7.15. The number of methoxy groups -OCH3 is 1. The molecule has 0 bridgehead atoms. The summed E-state index contributed by atoms with van der Waals surface area (Å²) in [5.41, 5.74) is 0.411. The molecule has 0 fully saturated rings. The van der Waals surface area contributed by atoms with E-state index in [1.54, 1.807) is 19.2 Å². The van der Waals surface area contributed by atoms with Crippen molar-refractivity contribution in [3.8, 4) is 0 Å². The van der Waals surface area contributed by atoms with Gasteiger partial charge in [0.15, 0.2) is 14.5 Å². The molecule has 6 nitrogen and oxygen atoms in total. The third-order valence-electron chi connectivity index (χ3n) is 3.39. The van der Waals surface area contributed by atoms with Crippen molar-refractivity contribution in [2.24, 2.45) is 0 Å². The Morgan fingerprint density at radius 1 is 1.21 bits per heavy atom. The van der Waals surface area contributed by atoms with E-state index in [4.69, 9.17) is 9.15 Å². The highest BCUT2D eigenvalue weighted by molar-refractivity contribution is 9.10. The van der Waals surface area contributed by atoms with Crippen LogP contribution in [0.5, 0.6) is 0 Å². The Kier molecular flexibility index (Phi) is 6.20. The number of furan rings is 1. The van der Waals surface area contributed by atoms with Crippen molar-refractivity contribution >= 4 is 31.7 Å². The number of ether oxygens (including phenoxy) is 1. The van der Waals surface area contributed by atoms with Gasteiger partial charge >= 0.3 is 0 Å². The molecule has 2 aromatic rings. The first-order valence-corrected chi connectivity index (χ1v) is 9.59. The number of hydrogen-bond acceptors (Lipinski definition) is 5. The van der Waals surface area contributed by atoms with Crippen molar-refractivity contribution in [2.75, 3.05) is 26.5 Å². The molecule has 1 aromatic heterocycles. The van der Waals surface area contributed by atoms with Crippen LogP contribution in [0.2, 0.25) is 0 Å². The average Bonchev–Trinajstić information content (AvgIpc) is 2.97. The van der Waals surface area contributed by atoms with E-state index in [0.29, 0.717) is 22.5 Å². The molecule has 0 spiro atoms. The second kappa shape index (κ2) is 7.96. The number of nitrogens with zero attached hydrogens (tertiary/aromatic N) is 1. The highest BCUT2D eigenvalue weighted by atomic mass is 79.9. The van der Waals surface area contributed by atoms with Crippen LogP contribution in [0.1, 0.15) is 16.1 Å². The van der Waals surface area contributed by atoms with Crippen LogP contribution in [-0.4, -0.2) is 45.7 Å². The third kappa shape index (κ3) is 4.68. The minimum Gasteiger partial charge on any atom is -0.452 e. The van der Waals surface area contributed by atoms with E-state index >= 15 is 0 Å². The lowest BCUT2D eigenvalue weighted by atomic mass is 10.2. The highest BCUT2D eigenvalue weighted by Gasteiger charge is 2.17. The fourth-order valence-corrected chi connectivity index (χ4v) is 3.59. The fraction of sp³-hybridized carbons (Fsp3) is 0.312. The molecule has 130 valence electrons. The van der Waals surface area contributed by atoms with Gasteiger partial charge in [0.2, 0.25) is 0 Å². The van der Waals surface area contributed by atoms with Crippen molar-refractivity contribution < 1.29 is 22.4 Å². The maximum atomic E-state index is 12.4. The number of halogens is 1. The van der Waals surface area contributed by atoms with Crippen molar-refractivity contribution in [1.82, 2.24) is 4.90 Å². The van der Waals surface area contributed by atoms with E-state index in [9.17, 15) is 13.2 Å². The summed E-state index contributed by atoms with van der Waals surface area (Å²) in [7, 11) is -0.297. The molecular weight excluding hydrogens is 398 g/mol. The van der Waals surface area contributed by atoms with Crippen LogP contribution in [0.25, 0.3) is 0 Å². The molecule has 0 saturated carbocycles. The molecule has 0 aliphatic rings. The highest BCUT2D eigenvalue weighted by Crippen LogP contribution is 2.17. The molecule has 24 heavy (non-hydrogen) atoms. The summed E-state index contributed by atoms with van der Waals surface area (Å²) in [6, 6.07) is 9.44. The zero-order valence-corrected chi connectivity index (χ0v) is 15.8. The molecule has 0 N–H and O–H groups in total. The Morgan fingerprint density at radius 2 is 1.88 bits per heavy atom. The van der Waals surface area contributed by atoms with Gasteiger partial charge in [-0.1, -0.05) is 0 Å². The SMILES string of the molecule is COCCS(=O)(=O)c1ccc(C(=O)N(C)Cc2ccc(Br)o2)cc1.